The fourth-order valence-electron chi connectivity index (χ4n) is 1.03. The first kappa shape index (κ1) is 10.5. The third kappa shape index (κ3) is 3.57. The number of rotatable bonds is 4. The summed E-state index contributed by atoms with van der Waals surface area (Å²) in [5.41, 5.74) is 0. The lowest BCUT2D eigenvalue weighted by atomic mass is 10.5. The van der Waals surface area contributed by atoms with Crippen molar-refractivity contribution in [3.05, 3.63) is 49.1 Å². The number of hydrogen-bond donors (Lipinski definition) is 0. The molecule has 0 bridgehead atoms. The number of nitrogens with zero attached hydrogens (tertiary/aromatic N) is 2. The number of aromatic nitrogens is 2. The highest BCUT2D eigenvalue weighted by atomic mass is 32.2. The average molecular weight is 234 g/mol. The van der Waals surface area contributed by atoms with E-state index >= 15 is 0 Å². The normalized spacial score (nSPS) is 10.1. The molecule has 2 aromatic rings. The smallest absolute Gasteiger partial charge is 0.0486 e. The van der Waals surface area contributed by atoms with Gasteiger partial charge in [-0.05, 0) is 24.3 Å². The highest BCUT2D eigenvalue weighted by Crippen LogP contribution is 2.26. The summed E-state index contributed by atoms with van der Waals surface area (Å²) in [5, 5.41) is 1.01. The summed E-state index contributed by atoms with van der Waals surface area (Å²) in [7, 11) is 0. The Balaban J connectivity index is 1.81. The first-order chi connectivity index (χ1) is 7.45. The molecule has 0 amide bonds. The molecule has 0 aliphatic carbocycles. The summed E-state index contributed by atoms with van der Waals surface area (Å²) in [6, 6.07) is 8.10. The third-order valence-electron chi connectivity index (χ3n) is 1.75. The molecule has 0 aliphatic rings. The van der Waals surface area contributed by atoms with Gasteiger partial charge in [-0.3, -0.25) is 9.97 Å². The maximum Gasteiger partial charge on any atom is 0.0486 e. The van der Waals surface area contributed by atoms with Gasteiger partial charge in [0.25, 0.3) is 0 Å². The Morgan fingerprint density at radius 3 is 1.53 bits per heavy atom. The molecule has 0 atom stereocenters. The van der Waals surface area contributed by atoms with Crippen LogP contribution >= 0.6 is 23.5 Å². The van der Waals surface area contributed by atoms with Crippen molar-refractivity contribution < 1.29 is 0 Å². The zero-order valence-corrected chi connectivity index (χ0v) is 9.67. The maximum absolute atomic E-state index is 3.98. The lowest BCUT2D eigenvalue weighted by Gasteiger charge is -2.00. The van der Waals surface area contributed by atoms with Gasteiger partial charge in [0.15, 0.2) is 0 Å². The van der Waals surface area contributed by atoms with Crippen LogP contribution in [0.3, 0.4) is 0 Å². The van der Waals surface area contributed by atoms with E-state index in [0.29, 0.717) is 0 Å². The minimum Gasteiger partial charge on any atom is -0.265 e. The predicted molar refractivity (Wildman–Crippen MR) is 65.1 cm³/mol. The quantitative estimate of drug-likeness (QED) is 0.598. The van der Waals surface area contributed by atoms with Gasteiger partial charge in [0, 0.05) is 39.7 Å². The number of thioether (sulfide) groups is 2. The molecule has 0 aliphatic heterocycles. The second-order valence-corrected chi connectivity index (χ2v) is 5.24. The minimum atomic E-state index is 1.01. The third-order valence-corrected chi connectivity index (χ3v) is 3.90. The van der Waals surface area contributed by atoms with Crippen molar-refractivity contribution in [1.29, 1.82) is 0 Å². The van der Waals surface area contributed by atoms with Crippen molar-refractivity contribution >= 4 is 23.5 Å². The van der Waals surface area contributed by atoms with E-state index in [2.05, 4.69) is 9.97 Å². The van der Waals surface area contributed by atoms with Gasteiger partial charge in [0.05, 0.1) is 0 Å². The van der Waals surface area contributed by atoms with Crippen LogP contribution in [0.15, 0.2) is 58.8 Å². The van der Waals surface area contributed by atoms with Crippen LogP contribution in [0.1, 0.15) is 0 Å². The Hall–Kier alpha value is -1.00. The molecule has 2 aromatic heterocycles. The molecule has 0 saturated carbocycles. The standard InChI is InChI=1S/C11H10N2S2/c1-5-12-6-2-10(1)14-9-15-11-3-7-13-8-4-11/h1-8H,9H2. The predicted octanol–water partition coefficient (Wildman–Crippen LogP) is 3.32. The van der Waals surface area contributed by atoms with Crippen LogP contribution in [0.25, 0.3) is 0 Å². The van der Waals surface area contributed by atoms with Crippen molar-refractivity contribution in [1.82, 2.24) is 9.97 Å². The lowest BCUT2D eigenvalue weighted by Crippen LogP contribution is -1.76. The van der Waals surface area contributed by atoms with Crippen LogP contribution in [0.2, 0.25) is 0 Å². The summed E-state index contributed by atoms with van der Waals surface area (Å²) < 4.78 is 0. The van der Waals surface area contributed by atoms with Crippen molar-refractivity contribution in [3.8, 4) is 0 Å². The van der Waals surface area contributed by atoms with E-state index < -0.39 is 0 Å². The van der Waals surface area contributed by atoms with E-state index in [1.807, 2.05) is 72.6 Å². The number of hydrogen-bond acceptors (Lipinski definition) is 4. The second kappa shape index (κ2) is 5.78. The molecule has 2 heterocycles. The molecule has 2 rings (SSSR count). The SMILES string of the molecule is c1cc(SCSc2ccncc2)ccn1. The maximum atomic E-state index is 3.98. The van der Waals surface area contributed by atoms with Gasteiger partial charge in [0.2, 0.25) is 0 Å². The first-order valence-corrected chi connectivity index (χ1v) is 6.48. The van der Waals surface area contributed by atoms with Gasteiger partial charge in [-0.1, -0.05) is 0 Å². The van der Waals surface area contributed by atoms with E-state index in [1.54, 1.807) is 0 Å². The van der Waals surface area contributed by atoms with Gasteiger partial charge in [0.1, 0.15) is 0 Å². The Kier molecular flexibility index (Phi) is 4.05. The summed E-state index contributed by atoms with van der Waals surface area (Å²) in [5.74, 6) is 0. The van der Waals surface area contributed by atoms with Crippen LogP contribution in [-0.2, 0) is 0 Å². The van der Waals surface area contributed by atoms with Crippen molar-refractivity contribution in [2.24, 2.45) is 0 Å². The Bertz CT molecular complexity index is 352. The second-order valence-electron chi connectivity index (χ2n) is 2.77. The highest BCUT2D eigenvalue weighted by Gasteiger charge is 1.95. The molecule has 0 unspecified atom stereocenters. The van der Waals surface area contributed by atoms with Crippen LogP contribution in [0.4, 0.5) is 0 Å². The monoisotopic (exact) mass is 234 g/mol. The molecule has 2 nitrogen and oxygen atoms in total. The average Bonchev–Trinajstić information content (AvgIpc) is 2.32. The Morgan fingerprint density at radius 1 is 0.733 bits per heavy atom. The molecular weight excluding hydrogens is 224 g/mol. The first-order valence-electron chi connectivity index (χ1n) is 4.51. The number of pyridine rings is 2. The highest BCUT2D eigenvalue weighted by molar-refractivity contribution is 8.16. The summed E-state index contributed by atoms with van der Waals surface area (Å²) >= 11 is 3.64. The molecular formula is C11H10N2S2. The van der Waals surface area contributed by atoms with Crippen molar-refractivity contribution in [2.45, 2.75) is 9.79 Å². The fourth-order valence-corrected chi connectivity index (χ4v) is 2.99. The van der Waals surface area contributed by atoms with Gasteiger partial charge in [-0.25, -0.2) is 0 Å². The molecule has 76 valence electrons. The van der Waals surface area contributed by atoms with E-state index in [-0.39, 0.29) is 0 Å². The molecule has 0 spiro atoms. The summed E-state index contributed by atoms with van der Waals surface area (Å²) in [4.78, 5) is 10.5. The van der Waals surface area contributed by atoms with Crippen LogP contribution in [-0.4, -0.2) is 15.1 Å². The molecule has 0 aromatic carbocycles. The van der Waals surface area contributed by atoms with Gasteiger partial charge in [-0.2, -0.15) is 0 Å². The van der Waals surface area contributed by atoms with E-state index in [0.717, 1.165) is 5.08 Å². The lowest BCUT2D eigenvalue weighted by molar-refractivity contribution is 1.26. The zero-order valence-electron chi connectivity index (χ0n) is 8.04. The summed E-state index contributed by atoms with van der Waals surface area (Å²) in [6.07, 6.45) is 7.28. The van der Waals surface area contributed by atoms with Gasteiger partial charge >= 0.3 is 0 Å². The Labute approximate surface area is 97.5 Å². The van der Waals surface area contributed by atoms with Crippen LogP contribution in [0, 0.1) is 0 Å². The minimum absolute atomic E-state index is 1.01. The molecule has 0 fully saturated rings. The van der Waals surface area contributed by atoms with Crippen LogP contribution in [0.5, 0.6) is 0 Å². The fraction of sp³-hybridized carbons (Fsp3) is 0.0909. The molecule has 4 heteroatoms. The molecule has 0 N–H and O–H groups in total. The largest absolute Gasteiger partial charge is 0.265 e. The van der Waals surface area contributed by atoms with Crippen LogP contribution < -0.4 is 0 Å². The topological polar surface area (TPSA) is 25.8 Å². The van der Waals surface area contributed by atoms with Gasteiger partial charge in [-0.15, -0.1) is 23.5 Å². The molecule has 0 radical (unpaired) electrons. The zero-order chi connectivity index (χ0) is 10.3. The molecule has 0 saturated heterocycles. The molecule has 15 heavy (non-hydrogen) atoms. The van der Waals surface area contributed by atoms with E-state index in [1.165, 1.54) is 9.79 Å². The van der Waals surface area contributed by atoms with Gasteiger partial charge < -0.3 is 0 Å². The Morgan fingerprint density at radius 2 is 1.13 bits per heavy atom. The van der Waals surface area contributed by atoms with Crippen molar-refractivity contribution in [3.63, 3.8) is 0 Å². The van der Waals surface area contributed by atoms with Crippen molar-refractivity contribution in [2.75, 3.05) is 5.08 Å². The van der Waals surface area contributed by atoms with E-state index in [9.17, 15) is 0 Å². The van der Waals surface area contributed by atoms with E-state index in [4.69, 9.17) is 0 Å². The summed E-state index contributed by atoms with van der Waals surface area (Å²) in [6.45, 7) is 0.